The number of methoxy groups -OCH3 is 3. The van der Waals surface area contributed by atoms with Gasteiger partial charge >= 0.3 is 5.97 Å². The molecule has 0 atom stereocenters. The third kappa shape index (κ3) is 4.91. The van der Waals surface area contributed by atoms with Crippen molar-refractivity contribution in [3.05, 3.63) is 82.6 Å². The summed E-state index contributed by atoms with van der Waals surface area (Å²) in [6.07, 6.45) is 1.57. The van der Waals surface area contributed by atoms with Crippen LogP contribution in [0.4, 0.5) is 0 Å². The molecule has 0 N–H and O–H groups in total. The molecule has 0 radical (unpaired) electrons. The fourth-order valence-electron chi connectivity index (χ4n) is 3.81. The fraction of sp³-hybridized carbons (Fsp3) is 0.241. The van der Waals surface area contributed by atoms with E-state index in [2.05, 4.69) is 20.8 Å². The van der Waals surface area contributed by atoms with E-state index < -0.39 is 5.97 Å². The molecule has 1 aliphatic heterocycles. The van der Waals surface area contributed by atoms with Gasteiger partial charge in [0, 0.05) is 17.7 Å². The Hall–Kier alpha value is -4.26. The molecule has 0 saturated carbocycles. The highest BCUT2D eigenvalue weighted by Gasteiger charge is 2.29. The van der Waals surface area contributed by atoms with Gasteiger partial charge in [0.1, 0.15) is 17.2 Å². The summed E-state index contributed by atoms with van der Waals surface area (Å²) in [5.74, 6) is 1.37. The lowest BCUT2D eigenvalue weighted by Gasteiger charge is -2.18. The highest BCUT2D eigenvalue weighted by Crippen LogP contribution is 2.39. The zero-order chi connectivity index (χ0) is 26.0. The molecule has 1 aliphatic rings. The first-order valence-corrected chi connectivity index (χ1v) is 11.4. The topological polar surface area (TPSA) is 80.3 Å². The number of carbonyl (C=O) groups is 2. The number of rotatable bonds is 6. The molecule has 0 spiro atoms. The smallest absolute Gasteiger partial charge is 0.343 e. The van der Waals surface area contributed by atoms with Gasteiger partial charge in [-0.3, -0.25) is 4.79 Å². The van der Waals surface area contributed by atoms with Gasteiger partial charge in [0.2, 0.25) is 5.78 Å². The summed E-state index contributed by atoms with van der Waals surface area (Å²) >= 11 is 0. The van der Waals surface area contributed by atoms with Gasteiger partial charge in [-0.25, -0.2) is 4.79 Å². The number of hydrogen-bond donors (Lipinski definition) is 0. The summed E-state index contributed by atoms with van der Waals surface area (Å²) < 4.78 is 27.5. The van der Waals surface area contributed by atoms with Gasteiger partial charge in [0.25, 0.3) is 0 Å². The van der Waals surface area contributed by atoms with Crippen molar-refractivity contribution in [3.63, 3.8) is 0 Å². The predicted molar refractivity (Wildman–Crippen MR) is 136 cm³/mol. The van der Waals surface area contributed by atoms with Crippen LogP contribution >= 0.6 is 0 Å². The Bertz CT molecular complexity index is 1350. The fourth-order valence-corrected chi connectivity index (χ4v) is 3.81. The van der Waals surface area contributed by atoms with Gasteiger partial charge in [-0.05, 0) is 47.4 Å². The number of Topliss-reactive ketones (excluding diaryl/α,β-unsaturated/α-hetero) is 1. The van der Waals surface area contributed by atoms with E-state index in [9.17, 15) is 9.59 Å². The van der Waals surface area contributed by atoms with Crippen molar-refractivity contribution >= 4 is 17.8 Å². The number of ether oxygens (including phenoxy) is 5. The van der Waals surface area contributed by atoms with E-state index in [1.54, 1.807) is 42.5 Å². The van der Waals surface area contributed by atoms with Crippen LogP contribution in [0.15, 0.2) is 60.4 Å². The lowest BCUT2D eigenvalue weighted by atomic mass is 9.87. The lowest BCUT2D eigenvalue weighted by molar-refractivity contribution is 0.0734. The minimum Gasteiger partial charge on any atom is -0.496 e. The molecule has 7 heteroatoms. The van der Waals surface area contributed by atoms with Gasteiger partial charge < -0.3 is 23.7 Å². The van der Waals surface area contributed by atoms with Gasteiger partial charge in [0.15, 0.2) is 17.3 Å². The highest BCUT2D eigenvalue weighted by molar-refractivity contribution is 6.14. The molecule has 3 aromatic rings. The summed E-state index contributed by atoms with van der Waals surface area (Å²) in [7, 11) is 4.57. The lowest BCUT2D eigenvalue weighted by Crippen LogP contribution is -2.12. The van der Waals surface area contributed by atoms with E-state index >= 15 is 0 Å². The normalized spacial score (nSPS) is 13.7. The number of hydrogen-bond acceptors (Lipinski definition) is 7. The largest absolute Gasteiger partial charge is 0.496 e. The molecule has 0 amide bonds. The molecule has 3 aromatic carbocycles. The molecule has 0 unspecified atom stereocenters. The number of allylic oxidation sites excluding steroid dienone is 1. The number of benzene rings is 3. The maximum Gasteiger partial charge on any atom is 0.343 e. The molecule has 0 aromatic heterocycles. The van der Waals surface area contributed by atoms with Crippen molar-refractivity contribution in [1.29, 1.82) is 0 Å². The van der Waals surface area contributed by atoms with Crippen LogP contribution < -0.4 is 23.7 Å². The third-order valence-electron chi connectivity index (χ3n) is 5.86. The van der Waals surface area contributed by atoms with E-state index in [1.165, 1.54) is 27.4 Å². The number of carbonyl (C=O) groups excluding carboxylic acids is 2. The Morgan fingerprint density at radius 1 is 0.833 bits per heavy atom. The molecule has 36 heavy (non-hydrogen) atoms. The first-order chi connectivity index (χ1) is 17.1. The maximum atomic E-state index is 12.9. The van der Waals surface area contributed by atoms with Crippen LogP contribution in [0.3, 0.4) is 0 Å². The van der Waals surface area contributed by atoms with Crippen molar-refractivity contribution in [2.45, 2.75) is 26.2 Å². The van der Waals surface area contributed by atoms with Crippen LogP contribution in [0.25, 0.3) is 6.08 Å². The van der Waals surface area contributed by atoms with Crippen molar-refractivity contribution in [1.82, 2.24) is 0 Å². The molecule has 7 nitrogen and oxygen atoms in total. The Labute approximate surface area is 210 Å². The molecule has 186 valence electrons. The molecule has 0 fully saturated rings. The van der Waals surface area contributed by atoms with Gasteiger partial charge in [-0.2, -0.15) is 0 Å². The molecular weight excluding hydrogens is 460 g/mol. The first-order valence-electron chi connectivity index (χ1n) is 11.4. The standard InChI is InChI=1S/C29H28O7/c1-29(2,3)19-9-7-17(8-10-19)28(31)35-20-11-12-21-23(15-20)36-26(27(21)30)14-18-13-24(33-5)25(34-6)16-22(18)32-4/h7-16H,1-6H3. The summed E-state index contributed by atoms with van der Waals surface area (Å²) in [6.45, 7) is 6.32. The third-order valence-corrected chi connectivity index (χ3v) is 5.86. The minimum absolute atomic E-state index is 0.0154. The molecule has 0 bridgehead atoms. The van der Waals surface area contributed by atoms with Crippen molar-refractivity contribution in [2.24, 2.45) is 0 Å². The van der Waals surface area contributed by atoms with Crippen LogP contribution in [-0.2, 0) is 5.41 Å². The van der Waals surface area contributed by atoms with Gasteiger partial charge in [-0.1, -0.05) is 32.9 Å². The predicted octanol–water partition coefficient (Wildman–Crippen LogP) is 5.85. The summed E-state index contributed by atoms with van der Waals surface area (Å²) in [5, 5.41) is 0. The number of fused-ring (bicyclic) bond motifs is 1. The summed E-state index contributed by atoms with van der Waals surface area (Å²) in [6, 6.07) is 15.4. The van der Waals surface area contributed by atoms with Gasteiger partial charge in [-0.15, -0.1) is 0 Å². The second-order valence-corrected chi connectivity index (χ2v) is 9.26. The summed E-state index contributed by atoms with van der Waals surface area (Å²) in [4.78, 5) is 25.6. The van der Waals surface area contributed by atoms with Crippen LogP contribution in [0.1, 0.15) is 52.6 Å². The molecule has 4 rings (SSSR count). The van der Waals surface area contributed by atoms with E-state index in [4.69, 9.17) is 23.7 Å². The number of ketones is 1. The van der Waals surface area contributed by atoms with Crippen LogP contribution in [0.5, 0.6) is 28.7 Å². The van der Waals surface area contributed by atoms with Crippen LogP contribution in [0, 0.1) is 0 Å². The molecule has 0 saturated heterocycles. The quantitative estimate of drug-likeness (QED) is 0.245. The summed E-state index contributed by atoms with van der Waals surface area (Å²) in [5.41, 5.74) is 2.49. The Balaban J connectivity index is 1.56. The number of esters is 1. The Morgan fingerprint density at radius 2 is 1.47 bits per heavy atom. The average Bonchev–Trinajstić information content (AvgIpc) is 3.17. The SMILES string of the molecule is COc1cc(OC)c(OC)cc1C=C1Oc2cc(OC(=O)c3ccc(C(C)(C)C)cc3)ccc2C1=O. The van der Waals surface area contributed by atoms with Crippen LogP contribution in [-0.4, -0.2) is 33.1 Å². The monoisotopic (exact) mass is 488 g/mol. The average molecular weight is 489 g/mol. The molecular formula is C29H28O7. The maximum absolute atomic E-state index is 12.9. The van der Waals surface area contributed by atoms with Crippen molar-refractivity contribution in [3.8, 4) is 28.7 Å². The van der Waals surface area contributed by atoms with E-state index in [0.29, 0.717) is 39.7 Å². The zero-order valence-electron chi connectivity index (χ0n) is 21.1. The van der Waals surface area contributed by atoms with E-state index in [1.807, 2.05) is 12.1 Å². The Kier molecular flexibility index (Phi) is 6.75. The highest BCUT2D eigenvalue weighted by atomic mass is 16.5. The first kappa shape index (κ1) is 24.9. The van der Waals surface area contributed by atoms with Gasteiger partial charge in [0.05, 0.1) is 32.5 Å². The Morgan fingerprint density at radius 3 is 2.08 bits per heavy atom. The second-order valence-electron chi connectivity index (χ2n) is 9.26. The molecule has 1 heterocycles. The van der Waals surface area contributed by atoms with Crippen molar-refractivity contribution in [2.75, 3.05) is 21.3 Å². The van der Waals surface area contributed by atoms with E-state index in [-0.39, 0.29) is 22.7 Å². The van der Waals surface area contributed by atoms with E-state index in [0.717, 1.165) is 5.56 Å². The molecule has 0 aliphatic carbocycles. The van der Waals surface area contributed by atoms with Crippen molar-refractivity contribution < 1.29 is 33.3 Å². The zero-order valence-corrected chi connectivity index (χ0v) is 21.1. The second kappa shape index (κ2) is 9.77. The van der Waals surface area contributed by atoms with Crippen LogP contribution in [0.2, 0.25) is 0 Å². The minimum atomic E-state index is -0.495.